The fourth-order valence-corrected chi connectivity index (χ4v) is 2.17. The number of nitrogens with one attached hydrogen (secondary N) is 1. The lowest BCUT2D eigenvalue weighted by Gasteiger charge is -2.14. The molecular formula is C18H29N. The van der Waals surface area contributed by atoms with E-state index in [1.165, 1.54) is 34.2 Å². The Bertz CT molecular complexity index is 441. The largest absolute Gasteiger partial charge is 0.313 e. The maximum absolute atomic E-state index is 3.51. The van der Waals surface area contributed by atoms with Crippen LogP contribution in [0.4, 0.5) is 0 Å². The number of aryl methyl sites for hydroxylation is 3. The monoisotopic (exact) mass is 259 g/mol. The summed E-state index contributed by atoms with van der Waals surface area (Å²) in [6.07, 6.45) is 3.56. The Hall–Kier alpha value is -1.08. The van der Waals surface area contributed by atoms with Crippen molar-refractivity contribution < 1.29 is 0 Å². The van der Waals surface area contributed by atoms with Crippen LogP contribution >= 0.6 is 0 Å². The zero-order chi connectivity index (χ0) is 14.4. The molecule has 1 rings (SSSR count). The Labute approximate surface area is 119 Å². The van der Waals surface area contributed by atoms with Crippen molar-refractivity contribution in [3.05, 3.63) is 40.0 Å². The summed E-state index contributed by atoms with van der Waals surface area (Å²) in [7, 11) is 0. The highest BCUT2D eigenvalue weighted by Gasteiger charge is 2.05. The lowest BCUT2D eigenvalue weighted by Crippen LogP contribution is -2.20. The topological polar surface area (TPSA) is 12.0 Å². The summed E-state index contributed by atoms with van der Waals surface area (Å²) in [4.78, 5) is 0. The third kappa shape index (κ3) is 4.83. The molecule has 0 saturated heterocycles. The van der Waals surface area contributed by atoms with Gasteiger partial charge in [0.05, 0.1) is 0 Å². The highest BCUT2D eigenvalue weighted by Crippen LogP contribution is 2.20. The maximum Gasteiger partial charge on any atom is 0.0170 e. The lowest BCUT2D eigenvalue weighted by atomic mass is 9.95. The second kappa shape index (κ2) is 7.49. The van der Waals surface area contributed by atoms with E-state index in [1.807, 2.05) is 0 Å². The zero-order valence-electron chi connectivity index (χ0n) is 13.4. The van der Waals surface area contributed by atoms with Crippen LogP contribution in [0, 0.1) is 26.7 Å². The standard InChI is InChI=1S/C18H29N/c1-7-8-19-12-18(13(2)3)11-17-10-15(5)14(4)9-16(17)6/h9-11,13,19H,7-8,12H2,1-6H3. The van der Waals surface area contributed by atoms with Gasteiger partial charge in [-0.25, -0.2) is 0 Å². The third-order valence-electron chi connectivity index (χ3n) is 3.72. The minimum atomic E-state index is 0.588. The van der Waals surface area contributed by atoms with Crippen LogP contribution in [0.25, 0.3) is 6.08 Å². The highest BCUT2D eigenvalue weighted by atomic mass is 14.8. The maximum atomic E-state index is 3.51. The van der Waals surface area contributed by atoms with Crippen molar-refractivity contribution >= 4 is 6.08 Å². The van der Waals surface area contributed by atoms with Crippen LogP contribution < -0.4 is 5.32 Å². The minimum absolute atomic E-state index is 0.588. The molecule has 0 saturated carbocycles. The van der Waals surface area contributed by atoms with Crippen molar-refractivity contribution in [2.24, 2.45) is 5.92 Å². The van der Waals surface area contributed by atoms with E-state index < -0.39 is 0 Å². The molecular weight excluding hydrogens is 230 g/mol. The molecule has 0 atom stereocenters. The predicted molar refractivity (Wildman–Crippen MR) is 86.6 cm³/mol. The molecule has 1 N–H and O–H groups in total. The molecule has 0 amide bonds. The van der Waals surface area contributed by atoms with E-state index in [0.717, 1.165) is 13.1 Å². The van der Waals surface area contributed by atoms with Crippen molar-refractivity contribution in [1.82, 2.24) is 5.32 Å². The molecule has 0 aliphatic rings. The second-order valence-corrected chi connectivity index (χ2v) is 5.84. The molecule has 0 heterocycles. The van der Waals surface area contributed by atoms with Crippen molar-refractivity contribution in [3.63, 3.8) is 0 Å². The van der Waals surface area contributed by atoms with Gasteiger partial charge in [-0.05, 0) is 61.9 Å². The van der Waals surface area contributed by atoms with Crippen LogP contribution in [0.15, 0.2) is 17.7 Å². The van der Waals surface area contributed by atoms with Crippen molar-refractivity contribution in [2.75, 3.05) is 13.1 Å². The summed E-state index contributed by atoms with van der Waals surface area (Å²) in [5.74, 6) is 0.588. The van der Waals surface area contributed by atoms with Crippen LogP contribution in [-0.2, 0) is 0 Å². The van der Waals surface area contributed by atoms with Gasteiger partial charge in [0.25, 0.3) is 0 Å². The predicted octanol–water partition coefficient (Wildman–Crippen LogP) is 4.65. The molecule has 1 aromatic carbocycles. The van der Waals surface area contributed by atoms with Crippen molar-refractivity contribution in [1.29, 1.82) is 0 Å². The first-order valence-electron chi connectivity index (χ1n) is 7.44. The summed E-state index contributed by atoms with van der Waals surface area (Å²) >= 11 is 0. The molecule has 1 heteroatoms. The Balaban J connectivity index is 2.98. The fourth-order valence-electron chi connectivity index (χ4n) is 2.17. The first-order valence-corrected chi connectivity index (χ1v) is 7.44. The molecule has 1 aromatic rings. The van der Waals surface area contributed by atoms with Gasteiger partial charge in [0, 0.05) is 6.54 Å². The Morgan fingerprint density at radius 1 is 1.11 bits per heavy atom. The second-order valence-electron chi connectivity index (χ2n) is 5.84. The molecule has 0 radical (unpaired) electrons. The molecule has 19 heavy (non-hydrogen) atoms. The number of hydrogen-bond acceptors (Lipinski definition) is 1. The van der Waals surface area contributed by atoms with Gasteiger partial charge >= 0.3 is 0 Å². The Kier molecular flexibility index (Phi) is 6.30. The molecule has 0 fully saturated rings. The molecule has 0 aliphatic carbocycles. The Morgan fingerprint density at radius 2 is 1.74 bits per heavy atom. The van der Waals surface area contributed by atoms with Crippen molar-refractivity contribution in [2.45, 2.75) is 48.0 Å². The minimum Gasteiger partial charge on any atom is -0.313 e. The molecule has 0 bridgehead atoms. The van der Waals surface area contributed by atoms with Crippen LogP contribution in [0.3, 0.4) is 0 Å². The fraction of sp³-hybridized carbons (Fsp3) is 0.556. The number of benzene rings is 1. The van der Waals surface area contributed by atoms with Gasteiger partial charge in [-0.3, -0.25) is 0 Å². The summed E-state index contributed by atoms with van der Waals surface area (Å²) < 4.78 is 0. The summed E-state index contributed by atoms with van der Waals surface area (Å²) in [6.45, 7) is 15.4. The van der Waals surface area contributed by atoms with Crippen LogP contribution in [0.2, 0.25) is 0 Å². The SMILES string of the molecule is CCCNCC(=Cc1cc(C)c(C)cc1C)C(C)C. The summed E-state index contributed by atoms with van der Waals surface area (Å²) in [5, 5.41) is 3.51. The van der Waals surface area contributed by atoms with Gasteiger partial charge < -0.3 is 5.32 Å². The lowest BCUT2D eigenvalue weighted by molar-refractivity contribution is 0.657. The molecule has 106 valence electrons. The van der Waals surface area contributed by atoms with E-state index in [9.17, 15) is 0 Å². The van der Waals surface area contributed by atoms with Gasteiger partial charge in [0.15, 0.2) is 0 Å². The van der Waals surface area contributed by atoms with Gasteiger partial charge in [-0.15, -0.1) is 0 Å². The summed E-state index contributed by atoms with van der Waals surface area (Å²) in [5.41, 5.74) is 6.98. The average Bonchev–Trinajstić information content (AvgIpc) is 2.34. The van der Waals surface area contributed by atoms with Crippen LogP contribution in [0.5, 0.6) is 0 Å². The van der Waals surface area contributed by atoms with Gasteiger partial charge in [-0.1, -0.05) is 44.6 Å². The van der Waals surface area contributed by atoms with Gasteiger partial charge in [0.2, 0.25) is 0 Å². The normalized spacial score (nSPS) is 12.3. The molecule has 0 spiro atoms. The molecule has 0 aliphatic heterocycles. The molecule has 0 unspecified atom stereocenters. The van der Waals surface area contributed by atoms with E-state index in [4.69, 9.17) is 0 Å². The van der Waals surface area contributed by atoms with E-state index in [2.05, 4.69) is 65.1 Å². The zero-order valence-corrected chi connectivity index (χ0v) is 13.4. The van der Waals surface area contributed by atoms with Crippen LogP contribution in [0.1, 0.15) is 49.4 Å². The van der Waals surface area contributed by atoms with E-state index in [-0.39, 0.29) is 0 Å². The van der Waals surface area contributed by atoms with Gasteiger partial charge in [0.1, 0.15) is 0 Å². The number of hydrogen-bond donors (Lipinski definition) is 1. The van der Waals surface area contributed by atoms with E-state index in [0.29, 0.717) is 5.92 Å². The van der Waals surface area contributed by atoms with Crippen molar-refractivity contribution in [3.8, 4) is 0 Å². The van der Waals surface area contributed by atoms with Gasteiger partial charge in [-0.2, -0.15) is 0 Å². The summed E-state index contributed by atoms with van der Waals surface area (Å²) in [6, 6.07) is 4.60. The highest BCUT2D eigenvalue weighted by molar-refractivity contribution is 5.59. The third-order valence-corrected chi connectivity index (χ3v) is 3.72. The quantitative estimate of drug-likeness (QED) is 0.733. The van der Waals surface area contributed by atoms with E-state index >= 15 is 0 Å². The number of rotatable bonds is 6. The van der Waals surface area contributed by atoms with Crippen LogP contribution in [-0.4, -0.2) is 13.1 Å². The first kappa shape index (κ1) is 16.0. The average molecular weight is 259 g/mol. The Morgan fingerprint density at radius 3 is 2.32 bits per heavy atom. The smallest absolute Gasteiger partial charge is 0.0170 e. The van der Waals surface area contributed by atoms with E-state index in [1.54, 1.807) is 0 Å². The molecule has 1 nitrogen and oxygen atoms in total. The first-order chi connectivity index (χ1) is 8.95. The molecule has 0 aromatic heterocycles.